The van der Waals surface area contributed by atoms with Gasteiger partial charge in [-0.15, -0.1) is 11.3 Å². The fourth-order valence-corrected chi connectivity index (χ4v) is 5.00. The van der Waals surface area contributed by atoms with E-state index in [0.29, 0.717) is 22.2 Å². The predicted octanol–water partition coefficient (Wildman–Crippen LogP) is 7.15. The van der Waals surface area contributed by atoms with Crippen molar-refractivity contribution in [2.75, 3.05) is 12.4 Å². The van der Waals surface area contributed by atoms with Crippen LogP contribution in [-0.4, -0.2) is 23.0 Å². The summed E-state index contributed by atoms with van der Waals surface area (Å²) in [6, 6.07) is 17.5. The van der Waals surface area contributed by atoms with Gasteiger partial charge < -0.3 is 14.8 Å². The van der Waals surface area contributed by atoms with Crippen LogP contribution < -0.4 is 10.1 Å². The molecular weight excluding hydrogens is 501 g/mol. The quantitative estimate of drug-likeness (QED) is 0.182. The topological polar surface area (TPSA) is 73.3 Å². The van der Waals surface area contributed by atoms with E-state index >= 15 is 0 Å². The second-order valence-electron chi connectivity index (χ2n) is 7.81. The Labute approximate surface area is 215 Å². The highest BCUT2D eigenvalue weighted by Crippen LogP contribution is 2.38. The van der Waals surface area contributed by atoms with Crippen molar-refractivity contribution in [1.82, 2.24) is 9.97 Å². The fourth-order valence-electron chi connectivity index (χ4n) is 3.67. The molecule has 0 spiro atoms. The van der Waals surface area contributed by atoms with E-state index in [-0.39, 0.29) is 12.4 Å². The molecule has 0 aliphatic carbocycles. The number of benzene rings is 3. The normalized spacial score (nSPS) is 11.3. The lowest BCUT2D eigenvalue weighted by atomic mass is 10.1. The van der Waals surface area contributed by atoms with Gasteiger partial charge in [0, 0.05) is 21.8 Å². The van der Waals surface area contributed by atoms with Gasteiger partial charge in [0.25, 0.3) is 0 Å². The van der Waals surface area contributed by atoms with Gasteiger partial charge in [-0.05, 0) is 53.6 Å². The molecule has 2 aromatic heterocycles. The highest BCUT2D eigenvalue weighted by Gasteiger charge is 2.13. The van der Waals surface area contributed by atoms with Gasteiger partial charge in [0.05, 0.1) is 17.5 Å². The molecule has 0 fully saturated rings. The zero-order valence-electron chi connectivity index (χ0n) is 19.0. The predicted molar refractivity (Wildman–Crippen MR) is 141 cm³/mol. The number of nitrogens with zero attached hydrogens (tertiary/aromatic N) is 2. The number of halogens is 2. The molecule has 9 heteroatoms. The number of ether oxygens (including phenoxy) is 2. The minimum absolute atomic E-state index is 0.203. The monoisotopic (exact) mass is 519 g/mol. The Morgan fingerprint density at radius 1 is 1.14 bits per heavy atom. The maximum Gasteiger partial charge on any atom is 0.330 e. The van der Waals surface area contributed by atoms with E-state index in [1.165, 1.54) is 43.0 Å². The average Bonchev–Trinajstić information content (AvgIpc) is 3.25. The van der Waals surface area contributed by atoms with Crippen LogP contribution in [-0.2, 0) is 16.1 Å². The molecule has 2 heterocycles. The summed E-state index contributed by atoms with van der Waals surface area (Å²) in [6.45, 7) is 0.203. The Balaban J connectivity index is 1.39. The molecule has 0 saturated carbocycles. The molecular formula is C27H19ClFN3O3S. The molecule has 0 radical (unpaired) electrons. The summed E-state index contributed by atoms with van der Waals surface area (Å²) in [6.07, 6.45) is 4.60. The maximum atomic E-state index is 13.4. The van der Waals surface area contributed by atoms with Crippen LogP contribution in [0.15, 0.2) is 73.1 Å². The van der Waals surface area contributed by atoms with E-state index in [1.54, 1.807) is 30.3 Å². The number of carbonyl (C=O) groups is 1. The van der Waals surface area contributed by atoms with Crippen molar-refractivity contribution < 1.29 is 18.7 Å². The highest BCUT2D eigenvalue weighted by molar-refractivity contribution is 7.25. The van der Waals surface area contributed by atoms with Crippen molar-refractivity contribution in [3.05, 3.63) is 95.0 Å². The van der Waals surface area contributed by atoms with E-state index in [9.17, 15) is 9.18 Å². The number of rotatable bonds is 7. The molecule has 3 aromatic carbocycles. The van der Waals surface area contributed by atoms with Crippen LogP contribution in [0.2, 0.25) is 5.02 Å². The lowest BCUT2D eigenvalue weighted by molar-refractivity contribution is -0.134. The van der Waals surface area contributed by atoms with Crippen molar-refractivity contribution >= 4 is 66.8 Å². The summed E-state index contributed by atoms with van der Waals surface area (Å²) in [5, 5.41) is 5.63. The maximum absolute atomic E-state index is 13.4. The Bertz CT molecular complexity index is 1620. The molecule has 5 aromatic rings. The van der Waals surface area contributed by atoms with Crippen LogP contribution in [0.5, 0.6) is 5.75 Å². The third kappa shape index (κ3) is 5.15. The number of nitrogens with one attached hydrogen (secondary N) is 1. The lowest BCUT2D eigenvalue weighted by Gasteiger charge is -2.11. The van der Waals surface area contributed by atoms with Gasteiger partial charge in [-0.3, -0.25) is 0 Å². The number of fused-ring (bicyclic) bond motifs is 3. The first-order valence-electron chi connectivity index (χ1n) is 10.9. The van der Waals surface area contributed by atoms with Crippen LogP contribution in [0.25, 0.3) is 26.4 Å². The Morgan fingerprint density at radius 2 is 2.03 bits per heavy atom. The number of aromatic nitrogens is 2. The summed E-state index contributed by atoms with van der Waals surface area (Å²) in [5.74, 6) is 0.419. The van der Waals surface area contributed by atoms with Gasteiger partial charge in [0.15, 0.2) is 0 Å². The lowest BCUT2D eigenvalue weighted by Crippen LogP contribution is -1.98. The van der Waals surface area contributed by atoms with E-state index < -0.39 is 5.97 Å². The van der Waals surface area contributed by atoms with Crippen molar-refractivity contribution in [1.29, 1.82) is 0 Å². The number of esters is 1. The van der Waals surface area contributed by atoms with Gasteiger partial charge in [0.2, 0.25) is 0 Å². The largest absolute Gasteiger partial charge is 0.487 e. The molecule has 0 unspecified atom stereocenters. The first-order chi connectivity index (χ1) is 17.5. The van der Waals surface area contributed by atoms with Crippen molar-refractivity contribution in [2.24, 2.45) is 0 Å². The van der Waals surface area contributed by atoms with Gasteiger partial charge in [0.1, 0.15) is 35.1 Å². The number of anilines is 2. The van der Waals surface area contributed by atoms with Crippen molar-refractivity contribution in [2.45, 2.75) is 6.61 Å². The molecule has 1 N–H and O–H groups in total. The zero-order chi connectivity index (χ0) is 25.1. The third-order valence-corrected chi connectivity index (χ3v) is 6.74. The second-order valence-corrected chi connectivity index (χ2v) is 9.24. The number of carbonyl (C=O) groups excluding carboxylic acids is 1. The molecule has 0 saturated heterocycles. The number of methoxy groups -OCH3 is 1. The third-order valence-electron chi connectivity index (χ3n) is 5.39. The van der Waals surface area contributed by atoms with Gasteiger partial charge in [-0.25, -0.2) is 19.2 Å². The van der Waals surface area contributed by atoms with Gasteiger partial charge in [-0.2, -0.15) is 0 Å². The Morgan fingerprint density at radius 3 is 2.83 bits per heavy atom. The molecule has 0 amide bonds. The molecule has 180 valence electrons. The Kier molecular flexibility index (Phi) is 6.79. The summed E-state index contributed by atoms with van der Waals surface area (Å²) >= 11 is 7.99. The highest BCUT2D eigenvalue weighted by atomic mass is 35.5. The fraction of sp³-hybridized carbons (Fsp3) is 0.0741. The van der Waals surface area contributed by atoms with Crippen molar-refractivity contribution in [3.8, 4) is 5.75 Å². The van der Waals surface area contributed by atoms with Gasteiger partial charge in [-0.1, -0.05) is 35.9 Å². The molecule has 0 atom stereocenters. The first kappa shape index (κ1) is 23.7. The first-order valence-corrected chi connectivity index (χ1v) is 12.1. The molecule has 0 aliphatic heterocycles. The SMILES string of the molecule is COC(=O)/C=C/c1ccc2c(c1)sc1ncnc(Nc3ccc(OCc4cccc(F)c4)c(Cl)c3)c12. The molecule has 0 bridgehead atoms. The molecule has 5 rings (SSSR count). The van der Waals surface area contributed by atoms with Crippen LogP contribution in [0, 0.1) is 5.82 Å². The van der Waals surface area contributed by atoms with Crippen LogP contribution in [0.4, 0.5) is 15.9 Å². The van der Waals surface area contributed by atoms with E-state index in [1.807, 2.05) is 24.3 Å². The van der Waals surface area contributed by atoms with E-state index in [0.717, 1.165) is 31.6 Å². The summed E-state index contributed by atoms with van der Waals surface area (Å²) in [7, 11) is 1.34. The molecule has 6 nitrogen and oxygen atoms in total. The zero-order valence-corrected chi connectivity index (χ0v) is 20.6. The summed E-state index contributed by atoms with van der Waals surface area (Å²) in [4.78, 5) is 21.1. The average molecular weight is 520 g/mol. The standard InChI is InChI=1S/C27H19ClFN3O3S/c1-34-24(33)10-6-16-5-8-20-23(12-16)36-27-25(20)26(30-15-31-27)32-19-7-9-22(21(28)13-19)35-14-17-3-2-4-18(29)11-17/h2-13,15H,14H2,1H3,(H,30,31,32)/b10-6+. The summed E-state index contributed by atoms with van der Waals surface area (Å²) < 4.78 is 24.8. The van der Waals surface area contributed by atoms with Crippen LogP contribution in [0.3, 0.4) is 0 Å². The van der Waals surface area contributed by atoms with Crippen LogP contribution >= 0.6 is 22.9 Å². The number of thiophene rings is 1. The van der Waals surface area contributed by atoms with Crippen LogP contribution in [0.1, 0.15) is 11.1 Å². The minimum atomic E-state index is -0.409. The second kappa shape index (κ2) is 10.3. The van der Waals surface area contributed by atoms with Gasteiger partial charge >= 0.3 is 5.97 Å². The Hall–Kier alpha value is -4.01. The molecule has 36 heavy (non-hydrogen) atoms. The number of hydrogen-bond donors (Lipinski definition) is 1. The smallest absolute Gasteiger partial charge is 0.330 e. The summed E-state index contributed by atoms with van der Waals surface area (Å²) in [5.41, 5.74) is 2.32. The van der Waals surface area contributed by atoms with E-state index in [4.69, 9.17) is 16.3 Å². The number of hydrogen-bond acceptors (Lipinski definition) is 7. The van der Waals surface area contributed by atoms with Crippen molar-refractivity contribution in [3.63, 3.8) is 0 Å². The minimum Gasteiger partial charge on any atom is -0.487 e. The molecule has 0 aliphatic rings. The van der Waals surface area contributed by atoms with E-state index in [2.05, 4.69) is 20.0 Å².